The first-order valence-corrected chi connectivity index (χ1v) is 10.3. The molecule has 1 saturated heterocycles. The van der Waals surface area contributed by atoms with Crippen molar-refractivity contribution in [3.8, 4) is 17.2 Å². The van der Waals surface area contributed by atoms with Gasteiger partial charge >= 0.3 is 0 Å². The third-order valence-electron chi connectivity index (χ3n) is 4.63. The molecule has 7 heteroatoms. The van der Waals surface area contributed by atoms with E-state index in [4.69, 9.17) is 26.4 Å². The molecule has 2 aromatic carbocycles. The molecule has 0 aliphatic carbocycles. The van der Waals surface area contributed by atoms with Crippen LogP contribution >= 0.6 is 12.2 Å². The first-order chi connectivity index (χ1) is 14.6. The van der Waals surface area contributed by atoms with Gasteiger partial charge in [0.1, 0.15) is 11.4 Å². The van der Waals surface area contributed by atoms with Gasteiger partial charge in [-0.15, -0.1) is 0 Å². The fourth-order valence-electron chi connectivity index (χ4n) is 3.21. The van der Waals surface area contributed by atoms with Crippen molar-refractivity contribution in [2.75, 3.05) is 26.9 Å². The molecular weight excluding hydrogens is 400 g/mol. The lowest BCUT2D eigenvalue weighted by atomic mass is 10.1. The van der Waals surface area contributed by atoms with Gasteiger partial charge in [0.2, 0.25) is 0 Å². The van der Waals surface area contributed by atoms with Gasteiger partial charge < -0.3 is 19.5 Å². The minimum atomic E-state index is -0.151. The highest BCUT2D eigenvalue weighted by atomic mass is 32.1. The Hall–Kier alpha value is -3.06. The van der Waals surface area contributed by atoms with E-state index in [9.17, 15) is 4.79 Å². The van der Waals surface area contributed by atoms with Gasteiger partial charge in [-0.2, -0.15) is 0 Å². The molecule has 2 aromatic rings. The molecule has 0 unspecified atom stereocenters. The summed E-state index contributed by atoms with van der Waals surface area (Å²) in [4.78, 5) is 14.4. The Balaban J connectivity index is 1.72. The fourth-order valence-corrected chi connectivity index (χ4v) is 3.49. The third-order valence-corrected chi connectivity index (χ3v) is 4.96. The average Bonchev–Trinajstić information content (AvgIpc) is 3.01. The second-order valence-electron chi connectivity index (χ2n) is 6.58. The van der Waals surface area contributed by atoms with Gasteiger partial charge in [-0.05, 0) is 62.3 Å². The molecule has 30 heavy (non-hydrogen) atoms. The van der Waals surface area contributed by atoms with Gasteiger partial charge in [-0.1, -0.05) is 24.3 Å². The molecule has 0 atom stereocenters. The van der Waals surface area contributed by atoms with E-state index < -0.39 is 0 Å². The summed E-state index contributed by atoms with van der Waals surface area (Å²) in [5, 5.41) is 3.42. The smallest absolute Gasteiger partial charge is 0.276 e. The Morgan fingerprint density at radius 1 is 1.03 bits per heavy atom. The standard InChI is InChI=1S/C23H26N2O4S/c1-4-28-20-11-10-16(14-21(20)29-5-2)12-13-25-22(26)18(24-23(25)30)15-17-8-6-7-9-19(17)27-3/h6-11,14-15H,4-5,12-13H2,1-3H3,(H,24,30)/b18-15+. The zero-order chi connectivity index (χ0) is 21.5. The van der Waals surface area contributed by atoms with E-state index in [-0.39, 0.29) is 5.91 Å². The Labute approximate surface area is 182 Å². The summed E-state index contributed by atoms with van der Waals surface area (Å²) in [6.07, 6.45) is 2.40. The number of rotatable bonds is 9. The third kappa shape index (κ3) is 4.91. The van der Waals surface area contributed by atoms with E-state index in [0.29, 0.717) is 48.5 Å². The van der Waals surface area contributed by atoms with E-state index in [0.717, 1.165) is 16.9 Å². The number of nitrogens with zero attached hydrogens (tertiary/aromatic N) is 1. The largest absolute Gasteiger partial charge is 0.496 e. The maximum atomic E-state index is 12.9. The van der Waals surface area contributed by atoms with E-state index >= 15 is 0 Å². The highest BCUT2D eigenvalue weighted by molar-refractivity contribution is 7.80. The van der Waals surface area contributed by atoms with Gasteiger partial charge in [-0.3, -0.25) is 9.69 Å². The molecule has 0 aromatic heterocycles. The van der Waals surface area contributed by atoms with E-state index in [1.165, 1.54) is 0 Å². The van der Waals surface area contributed by atoms with Crippen LogP contribution in [0, 0.1) is 0 Å². The minimum Gasteiger partial charge on any atom is -0.496 e. The summed E-state index contributed by atoms with van der Waals surface area (Å²) < 4.78 is 16.6. The molecule has 158 valence electrons. The lowest BCUT2D eigenvalue weighted by Gasteiger charge is -2.16. The molecule has 1 aliphatic rings. The van der Waals surface area contributed by atoms with Crippen LogP contribution in [0.2, 0.25) is 0 Å². The second kappa shape index (κ2) is 10.1. The molecule has 1 heterocycles. The molecule has 0 spiro atoms. The van der Waals surface area contributed by atoms with Gasteiger partial charge in [0.15, 0.2) is 16.6 Å². The van der Waals surface area contributed by atoms with E-state index in [1.54, 1.807) is 18.1 Å². The normalized spacial score (nSPS) is 14.8. The van der Waals surface area contributed by atoms with Crippen LogP contribution in [0.25, 0.3) is 6.08 Å². The number of carbonyl (C=O) groups excluding carboxylic acids is 1. The fraction of sp³-hybridized carbons (Fsp3) is 0.304. The quantitative estimate of drug-likeness (QED) is 0.486. The zero-order valence-electron chi connectivity index (χ0n) is 17.4. The molecule has 3 rings (SSSR count). The average molecular weight is 427 g/mol. The van der Waals surface area contributed by atoms with Crippen molar-refractivity contribution in [2.45, 2.75) is 20.3 Å². The number of methoxy groups -OCH3 is 1. The maximum Gasteiger partial charge on any atom is 0.276 e. The summed E-state index contributed by atoms with van der Waals surface area (Å²) in [5.41, 5.74) is 2.29. The highest BCUT2D eigenvalue weighted by Gasteiger charge is 2.30. The zero-order valence-corrected chi connectivity index (χ0v) is 18.3. The van der Waals surface area contributed by atoms with E-state index in [1.807, 2.05) is 56.3 Å². The first-order valence-electron chi connectivity index (χ1n) is 9.93. The summed E-state index contributed by atoms with van der Waals surface area (Å²) in [6.45, 7) is 5.47. The van der Waals surface area contributed by atoms with Crippen molar-refractivity contribution >= 4 is 29.3 Å². The van der Waals surface area contributed by atoms with Crippen LogP contribution in [-0.2, 0) is 11.2 Å². The predicted octanol–water partition coefficient (Wildman–Crippen LogP) is 3.79. The Bertz CT molecular complexity index is 958. The Morgan fingerprint density at radius 2 is 1.77 bits per heavy atom. The SMILES string of the molecule is CCOc1ccc(CCN2C(=O)/C(=C\c3ccccc3OC)NC2=S)cc1OCC. The second-order valence-corrected chi connectivity index (χ2v) is 6.97. The highest BCUT2D eigenvalue weighted by Crippen LogP contribution is 2.29. The lowest BCUT2D eigenvalue weighted by molar-refractivity contribution is -0.122. The number of benzene rings is 2. The molecule has 1 fully saturated rings. The van der Waals surface area contributed by atoms with Crippen molar-refractivity contribution in [2.24, 2.45) is 0 Å². The predicted molar refractivity (Wildman–Crippen MR) is 121 cm³/mol. The van der Waals surface area contributed by atoms with Gasteiger partial charge in [0.05, 0.1) is 20.3 Å². The first kappa shape index (κ1) is 21.6. The number of nitrogens with one attached hydrogen (secondary N) is 1. The number of para-hydroxylation sites is 1. The summed E-state index contributed by atoms with van der Waals surface area (Å²) in [5.74, 6) is 1.98. The molecule has 0 bridgehead atoms. The minimum absolute atomic E-state index is 0.151. The van der Waals surface area contributed by atoms with Crippen LogP contribution in [0.3, 0.4) is 0 Å². The number of thiocarbonyl (C=S) groups is 1. The van der Waals surface area contributed by atoms with Gasteiger partial charge in [0.25, 0.3) is 5.91 Å². The van der Waals surface area contributed by atoms with Crippen molar-refractivity contribution in [3.05, 3.63) is 59.3 Å². The summed E-state index contributed by atoms with van der Waals surface area (Å²) in [7, 11) is 1.60. The van der Waals surface area contributed by atoms with Crippen molar-refractivity contribution < 1.29 is 19.0 Å². The number of carbonyl (C=O) groups is 1. The Kier molecular flexibility index (Phi) is 7.30. The van der Waals surface area contributed by atoms with Crippen molar-refractivity contribution in [1.29, 1.82) is 0 Å². The molecule has 6 nitrogen and oxygen atoms in total. The van der Waals surface area contributed by atoms with Crippen LogP contribution in [0.1, 0.15) is 25.0 Å². The maximum absolute atomic E-state index is 12.9. The summed E-state index contributed by atoms with van der Waals surface area (Å²) in [6, 6.07) is 13.4. The van der Waals surface area contributed by atoms with Crippen LogP contribution in [0.5, 0.6) is 17.2 Å². The van der Waals surface area contributed by atoms with E-state index in [2.05, 4.69) is 5.32 Å². The molecule has 1 aliphatic heterocycles. The Morgan fingerprint density at radius 3 is 2.50 bits per heavy atom. The number of hydrogen-bond acceptors (Lipinski definition) is 5. The van der Waals surface area contributed by atoms with Crippen molar-refractivity contribution in [3.63, 3.8) is 0 Å². The monoisotopic (exact) mass is 426 g/mol. The molecule has 1 N–H and O–H groups in total. The summed E-state index contributed by atoms with van der Waals surface area (Å²) >= 11 is 5.39. The number of ether oxygens (including phenoxy) is 3. The molecular formula is C23H26N2O4S. The van der Waals surface area contributed by atoms with Gasteiger partial charge in [0, 0.05) is 12.1 Å². The van der Waals surface area contributed by atoms with Crippen LogP contribution in [-0.4, -0.2) is 42.8 Å². The van der Waals surface area contributed by atoms with Crippen LogP contribution in [0.4, 0.5) is 0 Å². The lowest BCUT2D eigenvalue weighted by Crippen LogP contribution is -2.32. The van der Waals surface area contributed by atoms with Gasteiger partial charge in [-0.25, -0.2) is 0 Å². The topological polar surface area (TPSA) is 60.0 Å². The van der Waals surface area contributed by atoms with Crippen molar-refractivity contribution in [1.82, 2.24) is 10.2 Å². The van der Waals surface area contributed by atoms with Crippen LogP contribution in [0.15, 0.2) is 48.2 Å². The molecule has 1 amide bonds. The molecule has 0 radical (unpaired) electrons. The van der Waals surface area contributed by atoms with Crippen LogP contribution < -0.4 is 19.5 Å². The molecule has 0 saturated carbocycles. The number of hydrogen-bond donors (Lipinski definition) is 1. The number of amides is 1.